The van der Waals surface area contributed by atoms with Gasteiger partial charge >= 0.3 is 0 Å². The molecule has 1 unspecified atom stereocenters. The molecule has 0 amide bonds. The molecule has 3 nitrogen and oxygen atoms in total. The second-order valence-corrected chi connectivity index (χ2v) is 7.15. The molecule has 0 heterocycles. The molecule has 0 saturated carbocycles. The van der Waals surface area contributed by atoms with E-state index in [-0.39, 0.29) is 5.75 Å². The van der Waals surface area contributed by atoms with Crippen molar-refractivity contribution in [2.45, 2.75) is 53.0 Å². The fraction of sp³-hybridized carbons (Fsp3) is 1.00. The average Bonchev–Trinajstić information content (AvgIpc) is 2.17. The number of nitrogens with one attached hydrogen (secondary N) is 1. The lowest BCUT2D eigenvalue weighted by Crippen LogP contribution is -2.34. The van der Waals surface area contributed by atoms with Crippen molar-refractivity contribution in [1.29, 1.82) is 0 Å². The summed E-state index contributed by atoms with van der Waals surface area (Å²) in [7, 11) is -2.84. The van der Waals surface area contributed by atoms with E-state index >= 15 is 0 Å². The van der Waals surface area contributed by atoms with Crippen LogP contribution in [-0.4, -0.2) is 32.5 Å². The van der Waals surface area contributed by atoms with E-state index in [1.54, 1.807) is 0 Å². The Bertz CT molecular complexity index is 260. The van der Waals surface area contributed by atoms with Crippen LogP contribution in [0.1, 0.15) is 47.0 Å². The summed E-state index contributed by atoms with van der Waals surface area (Å²) >= 11 is 0. The van der Waals surface area contributed by atoms with Crippen LogP contribution in [0, 0.1) is 5.92 Å². The van der Waals surface area contributed by atoms with Gasteiger partial charge < -0.3 is 5.32 Å². The highest BCUT2D eigenvalue weighted by molar-refractivity contribution is 7.91. The molecule has 0 rings (SSSR count). The van der Waals surface area contributed by atoms with Gasteiger partial charge in [-0.25, -0.2) is 8.42 Å². The molecule has 0 fully saturated rings. The van der Waals surface area contributed by atoms with Crippen LogP contribution in [0.2, 0.25) is 0 Å². The van der Waals surface area contributed by atoms with Gasteiger partial charge in [0, 0.05) is 12.6 Å². The Morgan fingerprint density at radius 3 is 2.19 bits per heavy atom. The molecule has 0 aromatic carbocycles. The first-order chi connectivity index (χ1) is 7.39. The second-order valence-electron chi connectivity index (χ2n) is 4.85. The van der Waals surface area contributed by atoms with Crippen molar-refractivity contribution in [3.63, 3.8) is 0 Å². The number of hydrogen-bond donors (Lipinski definition) is 1. The van der Waals surface area contributed by atoms with Gasteiger partial charge in [0.15, 0.2) is 9.84 Å². The monoisotopic (exact) mass is 249 g/mol. The predicted molar refractivity (Wildman–Crippen MR) is 70.5 cm³/mol. The molecule has 1 atom stereocenters. The number of rotatable bonds is 9. The maximum absolute atomic E-state index is 11.6. The molecule has 98 valence electrons. The van der Waals surface area contributed by atoms with Gasteiger partial charge in [0.05, 0.1) is 11.5 Å². The standard InChI is InChI=1S/C12H27NO2S/c1-5-6-7-9-16(14,15)10-8-13-12(4)11(2)3/h11-13H,5-10H2,1-4H3. The zero-order valence-electron chi connectivity index (χ0n) is 11.1. The van der Waals surface area contributed by atoms with E-state index in [2.05, 4.69) is 33.0 Å². The molecular weight excluding hydrogens is 222 g/mol. The van der Waals surface area contributed by atoms with Crippen LogP contribution in [0.4, 0.5) is 0 Å². The zero-order valence-corrected chi connectivity index (χ0v) is 11.9. The molecule has 0 radical (unpaired) electrons. The van der Waals surface area contributed by atoms with Crippen LogP contribution in [0.5, 0.6) is 0 Å². The van der Waals surface area contributed by atoms with Crippen molar-refractivity contribution in [3.8, 4) is 0 Å². The van der Waals surface area contributed by atoms with Crippen molar-refractivity contribution < 1.29 is 8.42 Å². The average molecular weight is 249 g/mol. The lowest BCUT2D eigenvalue weighted by atomic mass is 10.1. The summed E-state index contributed by atoms with van der Waals surface area (Å²) in [5.74, 6) is 1.16. The minimum atomic E-state index is -2.84. The van der Waals surface area contributed by atoms with Crippen LogP contribution >= 0.6 is 0 Å². The second kappa shape index (κ2) is 8.07. The Morgan fingerprint density at radius 2 is 1.69 bits per heavy atom. The van der Waals surface area contributed by atoms with Crippen molar-refractivity contribution in [1.82, 2.24) is 5.32 Å². The lowest BCUT2D eigenvalue weighted by Gasteiger charge is -2.17. The topological polar surface area (TPSA) is 46.2 Å². The predicted octanol–water partition coefficient (Wildman–Crippen LogP) is 2.23. The van der Waals surface area contributed by atoms with Gasteiger partial charge in [0.25, 0.3) is 0 Å². The van der Waals surface area contributed by atoms with Crippen molar-refractivity contribution >= 4 is 9.84 Å². The number of sulfone groups is 1. The first-order valence-corrected chi connectivity index (χ1v) is 8.15. The Morgan fingerprint density at radius 1 is 1.06 bits per heavy atom. The van der Waals surface area contributed by atoms with Crippen LogP contribution in [0.15, 0.2) is 0 Å². The van der Waals surface area contributed by atoms with Crippen molar-refractivity contribution in [2.75, 3.05) is 18.1 Å². The first-order valence-electron chi connectivity index (χ1n) is 6.33. The summed E-state index contributed by atoms with van der Waals surface area (Å²) in [6, 6.07) is 0.380. The van der Waals surface area contributed by atoms with E-state index < -0.39 is 9.84 Å². The summed E-state index contributed by atoms with van der Waals surface area (Å²) in [5, 5.41) is 3.25. The molecule has 0 aliphatic heterocycles. The largest absolute Gasteiger partial charge is 0.313 e. The Labute approximate surface area is 101 Å². The van der Waals surface area contributed by atoms with E-state index in [0.29, 0.717) is 24.3 Å². The minimum Gasteiger partial charge on any atom is -0.313 e. The number of unbranched alkanes of at least 4 members (excludes halogenated alkanes) is 2. The normalized spacial score (nSPS) is 14.3. The summed E-state index contributed by atoms with van der Waals surface area (Å²) in [6.07, 6.45) is 2.88. The van der Waals surface area contributed by atoms with Crippen LogP contribution in [0.25, 0.3) is 0 Å². The third-order valence-corrected chi connectivity index (χ3v) is 4.68. The van der Waals surface area contributed by atoms with Crippen LogP contribution < -0.4 is 5.32 Å². The van der Waals surface area contributed by atoms with Crippen molar-refractivity contribution in [3.05, 3.63) is 0 Å². The maximum atomic E-state index is 11.6. The van der Waals surface area contributed by atoms with Crippen LogP contribution in [-0.2, 0) is 9.84 Å². The Balaban J connectivity index is 3.74. The molecule has 0 aliphatic carbocycles. The molecule has 1 N–H and O–H groups in total. The maximum Gasteiger partial charge on any atom is 0.151 e. The molecule has 0 spiro atoms. The quantitative estimate of drug-likeness (QED) is 0.637. The highest BCUT2D eigenvalue weighted by Gasteiger charge is 2.11. The fourth-order valence-electron chi connectivity index (χ4n) is 1.35. The third kappa shape index (κ3) is 8.11. The van der Waals surface area contributed by atoms with Gasteiger partial charge in [-0.2, -0.15) is 0 Å². The molecule has 0 saturated heterocycles. The van der Waals surface area contributed by atoms with Gasteiger partial charge in [-0.3, -0.25) is 0 Å². The summed E-state index contributed by atoms with van der Waals surface area (Å²) in [4.78, 5) is 0. The third-order valence-electron chi connectivity index (χ3n) is 2.94. The van der Waals surface area contributed by atoms with E-state index in [4.69, 9.17) is 0 Å². The molecule has 0 aromatic heterocycles. The van der Waals surface area contributed by atoms with Gasteiger partial charge in [-0.1, -0.05) is 33.6 Å². The van der Waals surface area contributed by atoms with E-state index in [1.165, 1.54) is 0 Å². The van der Waals surface area contributed by atoms with Gasteiger partial charge in [-0.05, 0) is 19.3 Å². The summed E-state index contributed by atoms with van der Waals surface area (Å²) in [6.45, 7) is 9.02. The van der Waals surface area contributed by atoms with E-state index in [0.717, 1.165) is 19.3 Å². The van der Waals surface area contributed by atoms with Gasteiger partial charge in [-0.15, -0.1) is 0 Å². The molecule has 0 aliphatic rings. The molecule has 16 heavy (non-hydrogen) atoms. The van der Waals surface area contributed by atoms with Gasteiger partial charge in [0.1, 0.15) is 0 Å². The van der Waals surface area contributed by atoms with E-state index in [1.807, 2.05) is 0 Å². The first kappa shape index (κ1) is 15.9. The highest BCUT2D eigenvalue weighted by atomic mass is 32.2. The molecular formula is C12H27NO2S. The Hall–Kier alpha value is -0.0900. The minimum absolute atomic E-state index is 0.272. The summed E-state index contributed by atoms with van der Waals surface area (Å²) in [5.41, 5.74) is 0. The lowest BCUT2D eigenvalue weighted by molar-refractivity contribution is 0.437. The zero-order chi connectivity index (χ0) is 12.6. The fourth-order valence-corrected chi connectivity index (χ4v) is 2.63. The van der Waals surface area contributed by atoms with Crippen molar-refractivity contribution in [2.24, 2.45) is 5.92 Å². The molecule has 4 heteroatoms. The van der Waals surface area contributed by atoms with Gasteiger partial charge in [0.2, 0.25) is 0 Å². The Kier molecular flexibility index (Phi) is 8.02. The van der Waals surface area contributed by atoms with Crippen LogP contribution in [0.3, 0.4) is 0 Å². The summed E-state index contributed by atoms with van der Waals surface area (Å²) < 4.78 is 23.2. The SMILES string of the molecule is CCCCCS(=O)(=O)CCNC(C)C(C)C. The molecule has 0 aromatic rings. The molecule has 0 bridgehead atoms. The van der Waals surface area contributed by atoms with E-state index in [9.17, 15) is 8.42 Å². The smallest absolute Gasteiger partial charge is 0.151 e. The number of hydrogen-bond acceptors (Lipinski definition) is 3. The highest BCUT2D eigenvalue weighted by Crippen LogP contribution is 2.01.